The van der Waals surface area contributed by atoms with Gasteiger partial charge in [0.05, 0.1) is 11.8 Å². The Morgan fingerprint density at radius 1 is 1.53 bits per heavy atom. The fraction of sp³-hybridized carbons (Fsp3) is 0.778. The van der Waals surface area contributed by atoms with Gasteiger partial charge in [-0.3, -0.25) is 4.79 Å². The van der Waals surface area contributed by atoms with Crippen LogP contribution in [0.3, 0.4) is 0 Å². The molecule has 0 radical (unpaired) electrons. The second-order valence-corrected chi connectivity index (χ2v) is 6.01. The summed E-state index contributed by atoms with van der Waals surface area (Å²) in [5.74, 6) is -0.361. The first-order valence-corrected chi connectivity index (χ1v) is 6.54. The summed E-state index contributed by atoms with van der Waals surface area (Å²) in [6.07, 6.45) is 1.78. The van der Waals surface area contributed by atoms with Gasteiger partial charge in [-0.15, -0.1) is 0 Å². The minimum Gasteiger partial charge on any atom is -0.331 e. The fourth-order valence-electron chi connectivity index (χ4n) is 1.66. The summed E-state index contributed by atoms with van der Waals surface area (Å²) in [6, 6.07) is 1.83. The van der Waals surface area contributed by atoms with E-state index < -0.39 is 21.0 Å². The first kappa shape index (κ1) is 12.0. The van der Waals surface area contributed by atoms with Gasteiger partial charge in [0.25, 0.3) is 0 Å². The van der Waals surface area contributed by atoms with Crippen molar-refractivity contribution in [3.8, 4) is 6.07 Å². The lowest BCUT2D eigenvalue weighted by Crippen LogP contribution is -2.43. The molecule has 1 rings (SSSR count). The highest BCUT2D eigenvalue weighted by Crippen LogP contribution is 2.20. The maximum atomic E-state index is 11.7. The van der Waals surface area contributed by atoms with E-state index in [1.165, 1.54) is 11.9 Å². The van der Waals surface area contributed by atoms with Crippen LogP contribution in [0.25, 0.3) is 0 Å². The van der Waals surface area contributed by atoms with Gasteiger partial charge in [0.1, 0.15) is 11.8 Å². The van der Waals surface area contributed by atoms with Crippen molar-refractivity contribution in [3.63, 3.8) is 0 Å². The molecule has 0 aromatic carbocycles. The number of sulfone groups is 1. The number of nitriles is 1. The summed E-state index contributed by atoms with van der Waals surface area (Å²) in [6.45, 7) is -0.0646. The van der Waals surface area contributed by atoms with E-state index in [2.05, 4.69) is 0 Å². The molecule has 1 aliphatic heterocycles. The normalized spacial score (nSPS) is 24.1. The smallest absolute Gasteiger partial charge is 0.241 e. The highest BCUT2D eigenvalue weighted by atomic mass is 32.2. The lowest BCUT2D eigenvalue weighted by Gasteiger charge is -2.24. The van der Waals surface area contributed by atoms with E-state index in [0.717, 1.165) is 6.42 Å². The largest absolute Gasteiger partial charge is 0.331 e. The third-order valence-corrected chi connectivity index (χ3v) is 4.70. The number of hydrogen-bond donors (Lipinski definition) is 0. The van der Waals surface area contributed by atoms with Crippen LogP contribution in [0.5, 0.6) is 0 Å². The van der Waals surface area contributed by atoms with Crippen molar-refractivity contribution in [2.75, 3.05) is 19.3 Å². The molecule has 0 aromatic heterocycles. The molecule has 5 nitrogen and oxygen atoms in total. The Morgan fingerprint density at radius 3 is 2.73 bits per heavy atom. The minimum absolute atomic E-state index is 0.0646. The van der Waals surface area contributed by atoms with E-state index in [9.17, 15) is 13.2 Å². The Morgan fingerprint density at radius 2 is 2.20 bits per heavy atom. The van der Waals surface area contributed by atoms with Crippen LogP contribution in [0.15, 0.2) is 0 Å². The van der Waals surface area contributed by atoms with Crippen LogP contribution < -0.4 is 0 Å². The Kier molecular flexibility index (Phi) is 3.69. The third kappa shape index (κ3) is 2.69. The Labute approximate surface area is 89.6 Å². The van der Waals surface area contributed by atoms with Gasteiger partial charge in [-0.05, 0) is 12.8 Å². The summed E-state index contributed by atoms with van der Waals surface area (Å²) in [5, 5.41) is 7.49. The molecule has 1 fully saturated rings. The van der Waals surface area contributed by atoms with Crippen molar-refractivity contribution < 1.29 is 13.2 Å². The van der Waals surface area contributed by atoms with Crippen molar-refractivity contribution in [1.82, 2.24) is 4.90 Å². The molecule has 0 saturated carbocycles. The molecular formula is C9H14N2O3S. The molecule has 1 unspecified atom stereocenters. The molecule has 0 spiro atoms. The maximum Gasteiger partial charge on any atom is 0.241 e. The number of carbonyl (C=O) groups is 1. The summed E-state index contributed by atoms with van der Waals surface area (Å²) < 4.78 is 23.2. The van der Waals surface area contributed by atoms with Crippen LogP contribution in [0, 0.1) is 11.3 Å². The maximum absolute atomic E-state index is 11.7. The summed E-state index contributed by atoms with van der Waals surface area (Å²) in [7, 11) is -1.83. The zero-order valence-electron chi connectivity index (χ0n) is 8.64. The van der Waals surface area contributed by atoms with Crippen molar-refractivity contribution in [3.05, 3.63) is 0 Å². The highest BCUT2D eigenvalue weighted by molar-refractivity contribution is 7.92. The Hall–Kier alpha value is -1.09. The molecule has 84 valence electrons. The first-order valence-electron chi connectivity index (χ1n) is 4.82. The second kappa shape index (κ2) is 4.62. The van der Waals surface area contributed by atoms with Gasteiger partial charge in [-0.2, -0.15) is 5.26 Å². The first-order chi connectivity index (χ1) is 6.99. The molecule has 0 N–H and O–H groups in total. The van der Waals surface area contributed by atoms with E-state index in [4.69, 9.17) is 5.26 Å². The number of hydrogen-bond acceptors (Lipinski definition) is 4. The number of amides is 1. The standard InChI is InChI=1S/C9H14N2O3S/c1-11(6-5-10)9(12)8-4-2-3-7-15(8,13)14/h8H,2-4,6-7H2,1H3. The lowest BCUT2D eigenvalue weighted by molar-refractivity contribution is -0.129. The molecule has 1 aliphatic rings. The molecular weight excluding hydrogens is 216 g/mol. The van der Waals surface area contributed by atoms with E-state index in [1.54, 1.807) is 0 Å². The zero-order valence-corrected chi connectivity index (χ0v) is 9.46. The molecule has 1 saturated heterocycles. The van der Waals surface area contributed by atoms with Gasteiger partial charge in [0.2, 0.25) is 5.91 Å². The average Bonchev–Trinajstić information content (AvgIpc) is 2.16. The molecule has 0 bridgehead atoms. The topological polar surface area (TPSA) is 78.2 Å². The zero-order chi connectivity index (χ0) is 11.5. The monoisotopic (exact) mass is 230 g/mol. The SMILES string of the molecule is CN(CC#N)C(=O)C1CCCCS1(=O)=O. The number of carbonyl (C=O) groups excluding carboxylic acids is 1. The summed E-state index contributed by atoms with van der Waals surface area (Å²) in [5.41, 5.74) is 0. The van der Waals surface area contributed by atoms with Gasteiger partial charge >= 0.3 is 0 Å². The predicted octanol–water partition coefficient (Wildman–Crippen LogP) is -0.0643. The van der Waals surface area contributed by atoms with Crippen LogP contribution in [-0.2, 0) is 14.6 Å². The predicted molar refractivity (Wildman–Crippen MR) is 54.7 cm³/mol. The van der Waals surface area contributed by atoms with Crippen molar-refractivity contribution >= 4 is 15.7 Å². The fourth-order valence-corrected chi connectivity index (χ4v) is 3.57. The summed E-state index contributed by atoms with van der Waals surface area (Å²) in [4.78, 5) is 12.9. The van der Waals surface area contributed by atoms with Crippen LogP contribution in [0.4, 0.5) is 0 Å². The second-order valence-electron chi connectivity index (χ2n) is 3.70. The molecule has 1 amide bonds. The Balaban J connectivity index is 2.79. The van der Waals surface area contributed by atoms with Crippen molar-refractivity contribution in [2.45, 2.75) is 24.5 Å². The minimum atomic E-state index is -3.29. The van der Waals surface area contributed by atoms with Gasteiger partial charge < -0.3 is 4.90 Å². The molecule has 0 aliphatic carbocycles. The van der Waals surface area contributed by atoms with Gasteiger partial charge in [0.15, 0.2) is 9.84 Å². The number of rotatable bonds is 2. The average molecular weight is 230 g/mol. The van der Waals surface area contributed by atoms with E-state index in [1.807, 2.05) is 6.07 Å². The van der Waals surface area contributed by atoms with Gasteiger partial charge in [0, 0.05) is 7.05 Å². The van der Waals surface area contributed by atoms with Crippen LogP contribution in [0.2, 0.25) is 0 Å². The van der Waals surface area contributed by atoms with E-state index in [0.29, 0.717) is 12.8 Å². The number of nitrogens with zero attached hydrogens (tertiary/aromatic N) is 2. The van der Waals surface area contributed by atoms with Gasteiger partial charge in [-0.1, -0.05) is 6.42 Å². The summed E-state index contributed by atoms with van der Waals surface area (Å²) >= 11 is 0. The van der Waals surface area contributed by atoms with Crippen molar-refractivity contribution in [1.29, 1.82) is 5.26 Å². The van der Waals surface area contributed by atoms with E-state index >= 15 is 0 Å². The molecule has 1 atom stereocenters. The Bertz CT molecular complexity index is 383. The van der Waals surface area contributed by atoms with Crippen LogP contribution >= 0.6 is 0 Å². The van der Waals surface area contributed by atoms with Crippen LogP contribution in [0.1, 0.15) is 19.3 Å². The highest BCUT2D eigenvalue weighted by Gasteiger charge is 2.36. The molecule has 1 heterocycles. The quantitative estimate of drug-likeness (QED) is 0.622. The van der Waals surface area contributed by atoms with E-state index in [-0.39, 0.29) is 12.3 Å². The lowest BCUT2D eigenvalue weighted by atomic mass is 10.2. The van der Waals surface area contributed by atoms with Crippen molar-refractivity contribution in [2.24, 2.45) is 0 Å². The van der Waals surface area contributed by atoms with Crippen LogP contribution in [-0.4, -0.2) is 43.8 Å². The van der Waals surface area contributed by atoms with Gasteiger partial charge in [-0.25, -0.2) is 8.42 Å². The third-order valence-electron chi connectivity index (χ3n) is 2.54. The molecule has 15 heavy (non-hydrogen) atoms. The molecule has 6 heteroatoms. The molecule has 0 aromatic rings.